The highest BCUT2D eigenvalue weighted by molar-refractivity contribution is 5.96. The smallest absolute Gasteiger partial charge is 0.307 e. The number of carboxylic acids is 1. The van der Waals surface area contributed by atoms with E-state index in [1.807, 2.05) is 30.3 Å². The molecule has 2 rings (SSSR count). The third-order valence-corrected chi connectivity index (χ3v) is 3.15. The molecule has 0 aliphatic heterocycles. The average molecular weight is 302 g/mol. The van der Waals surface area contributed by atoms with Crippen LogP contribution in [0.3, 0.4) is 0 Å². The molecule has 2 aromatic carbocycles. The van der Waals surface area contributed by atoms with Crippen molar-refractivity contribution in [1.29, 1.82) is 0 Å². The average Bonchev–Trinajstić information content (AvgIpc) is 2.48. The molecule has 0 aliphatic carbocycles. The van der Waals surface area contributed by atoms with Gasteiger partial charge in [0, 0.05) is 11.1 Å². The minimum atomic E-state index is -1.21. The molecule has 0 heterocycles. The molecule has 0 amide bonds. The fourth-order valence-corrected chi connectivity index (χ4v) is 2.10. The Kier molecular flexibility index (Phi) is 4.88. The zero-order chi connectivity index (χ0) is 16.1. The maximum Gasteiger partial charge on any atom is 0.307 e. The molecule has 0 unspecified atom stereocenters. The van der Waals surface area contributed by atoms with Crippen LogP contribution in [0.1, 0.15) is 28.4 Å². The first-order chi connectivity index (χ1) is 10.5. The van der Waals surface area contributed by atoms with Gasteiger partial charge in [0.2, 0.25) is 0 Å². The van der Waals surface area contributed by atoms with Gasteiger partial charge in [0.15, 0.2) is 17.3 Å². The van der Waals surface area contributed by atoms with Crippen molar-refractivity contribution in [3.8, 4) is 5.75 Å². The van der Waals surface area contributed by atoms with Crippen LogP contribution in [-0.2, 0) is 17.8 Å². The van der Waals surface area contributed by atoms with Crippen LogP contribution >= 0.6 is 0 Å². The largest absolute Gasteiger partial charge is 0.486 e. The number of rotatable bonds is 6. The van der Waals surface area contributed by atoms with Gasteiger partial charge < -0.3 is 9.84 Å². The molecule has 0 aromatic heterocycles. The molecule has 0 spiro atoms. The van der Waals surface area contributed by atoms with Crippen LogP contribution in [0, 0.1) is 5.82 Å². The number of carbonyl (C=O) groups is 2. The summed E-state index contributed by atoms with van der Waals surface area (Å²) in [5.74, 6) is -2.46. The first-order valence-electron chi connectivity index (χ1n) is 6.70. The number of carboxylic acid groups (broad SMARTS) is 1. The van der Waals surface area contributed by atoms with Crippen LogP contribution < -0.4 is 4.74 Å². The van der Waals surface area contributed by atoms with Gasteiger partial charge in [0.25, 0.3) is 0 Å². The molecule has 0 radical (unpaired) electrons. The van der Waals surface area contributed by atoms with E-state index in [0.29, 0.717) is 0 Å². The van der Waals surface area contributed by atoms with Crippen molar-refractivity contribution in [3.63, 3.8) is 0 Å². The van der Waals surface area contributed by atoms with Crippen LogP contribution in [0.5, 0.6) is 5.75 Å². The second kappa shape index (κ2) is 6.85. The molecule has 4 nitrogen and oxygen atoms in total. The van der Waals surface area contributed by atoms with E-state index >= 15 is 0 Å². The maximum absolute atomic E-state index is 14.4. The summed E-state index contributed by atoms with van der Waals surface area (Å²) in [5.41, 5.74) is 0.773. The molecule has 0 fully saturated rings. The standard InChI is InChI=1S/C17H15FO4/c1-11(19)13-7-8-15(17(18)14(13)9-16(20)21)22-10-12-5-3-2-4-6-12/h2-8H,9-10H2,1H3,(H,20,21). The highest BCUT2D eigenvalue weighted by Crippen LogP contribution is 2.26. The van der Waals surface area contributed by atoms with Gasteiger partial charge in [0.1, 0.15) is 6.61 Å². The van der Waals surface area contributed by atoms with Crippen molar-refractivity contribution in [2.45, 2.75) is 20.0 Å². The quantitative estimate of drug-likeness (QED) is 0.832. The van der Waals surface area contributed by atoms with Gasteiger partial charge in [-0.3, -0.25) is 9.59 Å². The third-order valence-electron chi connectivity index (χ3n) is 3.15. The normalized spacial score (nSPS) is 10.3. The second-order valence-corrected chi connectivity index (χ2v) is 4.80. The molecule has 114 valence electrons. The van der Waals surface area contributed by atoms with Gasteiger partial charge in [-0.2, -0.15) is 0 Å². The maximum atomic E-state index is 14.4. The lowest BCUT2D eigenvalue weighted by Gasteiger charge is -2.12. The zero-order valence-corrected chi connectivity index (χ0v) is 12.0. The zero-order valence-electron chi connectivity index (χ0n) is 12.0. The number of halogens is 1. The molecule has 0 saturated carbocycles. The highest BCUT2D eigenvalue weighted by Gasteiger charge is 2.19. The number of hydrogen-bond acceptors (Lipinski definition) is 3. The number of benzene rings is 2. The molecular weight excluding hydrogens is 287 g/mol. The first-order valence-corrected chi connectivity index (χ1v) is 6.70. The van der Waals surface area contributed by atoms with E-state index in [2.05, 4.69) is 0 Å². The molecule has 22 heavy (non-hydrogen) atoms. The van der Waals surface area contributed by atoms with E-state index in [1.165, 1.54) is 19.1 Å². The Morgan fingerprint density at radius 3 is 2.41 bits per heavy atom. The molecule has 1 N–H and O–H groups in total. The van der Waals surface area contributed by atoms with Crippen LogP contribution in [0.25, 0.3) is 0 Å². The molecular formula is C17H15FO4. The van der Waals surface area contributed by atoms with E-state index in [4.69, 9.17) is 9.84 Å². The van der Waals surface area contributed by atoms with Crippen LogP contribution in [0.15, 0.2) is 42.5 Å². The summed E-state index contributed by atoms with van der Waals surface area (Å²) in [7, 11) is 0. The second-order valence-electron chi connectivity index (χ2n) is 4.80. The summed E-state index contributed by atoms with van der Waals surface area (Å²) >= 11 is 0. The van der Waals surface area contributed by atoms with Crippen molar-refractivity contribution < 1.29 is 23.8 Å². The topological polar surface area (TPSA) is 63.6 Å². The third kappa shape index (κ3) is 3.69. The van der Waals surface area contributed by atoms with Crippen molar-refractivity contribution in [2.24, 2.45) is 0 Å². The summed E-state index contributed by atoms with van der Waals surface area (Å²) in [6, 6.07) is 11.9. The van der Waals surface area contributed by atoms with Crippen LogP contribution in [-0.4, -0.2) is 16.9 Å². The Hall–Kier alpha value is -2.69. The number of aliphatic carboxylic acids is 1. The number of carbonyl (C=O) groups excluding carboxylic acids is 1. The van der Waals surface area contributed by atoms with Crippen LogP contribution in [0.4, 0.5) is 4.39 Å². The van der Waals surface area contributed by atoms with E-state index in [0.717, 1.165) is 5.56 Å². The van der Waals surface area contributed by atoms with Gasteiger partial charge in [-0.25, -0.2) is 4.39 Å². The Labute approximate surface area is 127 Å². The summed E-state index contributed by atoms with van der Waals surface area (Å²) in [4.78, 5) is 22.4. The monoisotopic (exact) mass is 302 g/mol. The van der Waals surface area contributed by atoms with Crippen molar-refractivity contribution in [3.05, 3.63) is 65.0 Å². The highest BCUT2D eigenvalue weighted by atomic mass is 19.1. The number of hydrogen-bond donors (Lipinski definition) is 1. The number of Topliss-reactive ketones (excluding diaryl/α,β-unsaturated/α-hetero) is 1. The number of ether oxygens (including phenoxy) is 1. The Morgan fingerprint density at radius 1 is 1.14 bits per heavy atom. The fourth-order valence-electron chi connectivity index (χ4n) is 2.10. The van der Waals surface area contributed by atoms with E-state index in [-0.39, 0.29) is 29.3 Å². The summed E-state index contributed by atoms with van der Waals surface area (Å²) in [5, 5.41) is 8.88. The van der Waals surface area contributed by atoms with E-state index in [9.17, 15) is 14.0 Å². The Balaban J connectivity index is 2.29. The van der Waals surface area contributed by atoms with Gasteiger partial charge >= 0.3 is 5.97 Å². The molecule has 0 aliphatic rings. The predicted molar refractivity (Wildman–Crippen MR) is 78.5 cm³/mol. The van der Waals surface area contributed by atoms with Crippen molar-refractivity contribution in [2.75, 3.05) is 0 Å². The van der Waals surface area contributed by atoms with Crippen molar-refractivity contribution in [1.82, 2.24) is 0 Å². The molecule has 0 bridgehead atoms. The SMILES string of the molecule is CC(=O)c1ccc(OCc2ccccc2)c(F)c1CC(=O)O. The molecule has 0 atom stereocenters. The first kappa shape index (κ1) is 15.7. The van der Waals surface area contributed by atoms with Gasteiger partial charge in [-0.15, -0.1) is 0 Å². The van der Waals surface area contributed by atoms with E-state index in [1.54, 1.807) is 0 Å². The van der Waals surface area contributed by atoms with Gasteiger partial charge in [-0.05, 0) is 24.6 Å². The molecule has 5 heteroatoms. The lowest BCUT2D eigenvalue weighted by Crippen LogP contribution is -2.10. The van der Waals surface area contributed by atoms with E-state index < -0.39 is 18.2 Å². The molecule has 0 saturated heterocycles. The van der Waals surface area contributed by atoms with Crippen molar-refractivity contribution >= 4 is 11.8 Å². The summed E-state index contributed by atoms with van der Waals surface area (Å²) < 4.78 is 19.8. The Bertz CT molecular complexity index is 695. The van der Waals surface area contributed by atoms with Crippen LogP contribution in [0.2, 0.25) is 0 Å². The minimum Gasteiger partial charge on any atom is -0.486 e. The van der Waals surface area contributed by atoms with Gasteiger partial charge in [0.05, 0.1) is 6.42 Å². The number of ketones is 1. The minimum absolute atomic E-state index is 0.0620. The lowest BCUT2D eigenvalue weighted by molar-refractivity contribution is -0.136. The summed E-state index contributed by atoms with van der Waals surface area (Å²) in [6.45, 7) is 1.42. The van der Waals surface area contributed by atoms with Gasteiger partial charge in [-0.1, -0.05) is 30.3 Å². The lowest BCUT2D eigenvalue weighted by atomic mass is 10.0. The predicted octanol–water partition coefficient (Wildman–Crippen LogP) is 3.23. The Morgan fingerprint density at radius 2 is 1.82 bits per heavy atom. The molecule has 2 aromatic rings. The summed E-state index contributed by atoms with van der Waals surface area (Å²) in [6.07, 6.45) is -0.566. The fraction of sp³-hybridized carbons (Fsp3) is 0.176.